The van der Waals surface area contributed by atoms with Crippen LogP contribution in [0.3, 0.4) is 0 Å². The molecule has 3 saturated carbocycles. The van der Waals surface area contributed by atoms with Crippen molar-refractivity contribution in [3.63, 3.8) is 0 Å². The van der Waals surface area contributed by atoms with E-state index in [4.69, 9.17) is 32.5 Å². The van der Waals surface area contributed by atoms with Crippen LogP contribution in [0.15, 0.2) is 28.8 Å². The molecule has 2 bridgehead atoms. The van der Waals surface area contributed by atoms with Crippen LogP contribution < -0.4 is 9.62 Å². The van der Waals surface area contributed by atoms with Crippen LogP contribution in [0, 0.1) is 5.92 Å². The minimum atomic E-state index is -3.63. The Balaban J connectivity index is 1.04. The van der Waals surface area contributed by atoms with Gasteiger partial charge in [0.15, 0.2) is 5.69 Å². The van der Waals surface area contributed by atoms with Crippen molar-refractivity contribution >= 4 is 45.0 Å². The number of anilines is 1. The van der Waals surface area contributed by atoms with Crippen molar-refractivity contribution in [3.05, 3.63) is 51.3 Å². The highest BCUT2D eigenvalue weighted by atomic mass is 35.5. The van der Waals surface area contributed by atoms with Crippen LogP contribution in [0.1, 0.15) is 66.3 Å². The minimum absolute atomic E-state index is 0.0671. The monoisotopic (exact) mass is 605 g/mol. The lowest BCUT2D eigenvalue weighted by atomic mass is 10.0. The summed E-state index contributed by atoms with van der Waals surface area (Å²) in [5.74, 6) is 1.64. The van der Waals surface area contributed by atoms with Gasteiger partial charge in [-0.15, -0.1) is 0 Å². The number of rotatable bonds is 9. The summed E-state index contributed by atoms with van der Waals surface area (Å²) in [5.41, 5.74) is 2.33. The molecule has 3 atom stereocenters. The van der Waals surface area contributed by atoms with Gasteiger partial charge in [-0.25, -0.2) is 13.1 Å². The van der Waals surface area contributed by atoms with E-state index < -0.39 is 21.2 Å². The Labute approximate surface area is 242 Å². The number of hydrogen-bond donors (Lipinski definition) is 1. The number of benzene rings is 1. The van der Waals surface area contributed by atoms with Crippen molar-refractivity contribution in [2.45, 2.75) is 68.4 Å². The van der Waals surface area contributed by atoms with Gasteiger partial charge in [-0.3, -0.25) is 9.48 Å². The second-order valence-electron chi connectivity index (χ2n) is 11.3. The Bertz CT molecular complexity index is 1580. The van der Waals surface area contributed by atoms with E-state index >= 15 is 0 Å². The molecule has 2 aromatic heterocycles. The molecule has 4 aliphatic rings. The fourth-order valence-electron chi connectivity index (χ4n) is 6.11. The summed E-state index contributed by atoms with van der Waals surface area (Å²) in [7, 11) is -1.86. The lowest BCUT2D eigenvalue weighted by Gasteiger charge is -2.32. The second kappa shape index (κ2) is 9.75. The number of halogens is 2. The van der Waals surface area contributed by atoms with E-state index in [1.165, 1.54) is 0 Å². The number of aromatic nitrogens is 3. The molecule has 1 aliphatic heterocycles. The van der Waals surface area contributed by atoms with E-state index in [0.29, 0.717) is 52.6 Å². The zero-order valence-corrected chi connectivity index (χ0v) is 24.2. The Morgan fingerprint density at radius 3 is 2.58 bits per heavy atom. The number of ether oxygens (including phenoxy) is 1. The zero-order valence-electron chi connectivity index (χ0n) is 21.8. The normalized spacial score (nSPS) is 24.2. The Morgan fingerprint density at radius 2 is 1.93 bits per heavy atom. The van der Waals surface area contributed by atoms with Crippen LogP contribution in [0.4, 0.5) is 5.82 Å². The van der Waals surface area contributed by atoms with E-state index in [2.05, 4.69) is 19.9 Å². The molecule has 10 nitrogen and oxygen atoms in total. The number of hydrogen-bond acceptors (Lipinski definition) is 8. The van der Waals surface area contributed by atoms with Crippen LogP contribution in [0.25, 0.3) is 11.3 Å². The number of piperidine rings is 1. The first-order valence-electron chi connectivity index (χ1n) is 13.6. The number of fused-ring (bicyclic) bond motifs is 2. The van der Waals surface area contributed by atoms with Gasteiger partial charge in [-0.2, -0.15) is 5.10 Å². The van der Waals surface area contributed by atoms with E-state index in [0.717, 1.165) is 49.4 Å². The van der Waals surface area contributed by atoms with Gasteiger partial charge in [0.25, 0.3) is 5.91 Å². The topological polar surface area (TPSA) is 120 Å². The molecule has 4 fully saturated rings. The molecule has 3 aromatic rings. The van der Waals surface area contributed by atoms with Crippen LogP contribution in [0.5, 0.6) is 0 Å². The Kier molecular flexibility index (Phi) is 6.41. The summed E-state index contributed by atoms with van der Waals surface area (Å²) < 4.78 is 40.5. The molecule has 3 heterocycles. The molecule has 0 unspecified atom stereocenters. The first-order chi connectivity index (χ1) is 19.2. The molecular formula is C27H29Cl2N5O5S. The standard InChI is InChI=1S/C27H29Cl2N5O5S/c1-33-23(11-21(30-33)27(35)32-40(36,37)17-7-8-17)34-12-15-9-16(34)10-22(15)38-13-18-25(31-39-26(18)14-5-6-14)24-19(28)3-2-4-20(24)29/h2-4,11,14-17,22H,5-10,12-13H2,1H3,(H,32,35)/t15-,16-,22+/m0/s1. The SMILES string of the molecule is Cn1nc(C(=O)NS(=O)(=O)C2CC2)cc1N1C[C@@H]2C[C@H]1C[C@H]2OCc1c(-c2c(Cl)cccc2Cl)noc1C1CC1. The lowest BCUT2D eigenvalue weighted by Crippen LogP contribution is -2.39. The van der Waals surface area contributed by atoms with E-state index in [9.17, 15) is 13.2 Å². The van der Waals surface area contributed by atoms with Crippen molar-refractivity contribution in [2.75, 3.05) is 11.4 Å². The average Bonchev–Trinajstić information content (AvgIpc) is 3.79. The maximum Gasteiger partial charge on any atom is 0.285 e. The quantitative estimate of drug-likeness (QED) is 0.374. The maximum atomic E-state index is 12.6. The molecule has 7 rings (SSSR count). The summed E-state index contributed by atoms with van der Waals surface area (Å²) in [4.78, 5) is 14.8. The third-order valence-electron chi connectivity index (χ3n) is 8.47. The fraction of sp³-hybridized carbons (Fsp3) is 0.519. The van der Waals surface area contributed by atoms with E-state index in [1.807, 2.05) is 0 Å². The van der Waals surface area contributed by atoms with Crippen molar-refractivity contribution in [1.82, 2.24) is 19.7 Å². The van der Waals surface area contributed by atoms with Crippen LogP contribution in [0.2, 0.25) is 10.0 Å². The van der Waals surface area contributed by atoms with Gasteiger partial charge in [-0.05, 0) is 50.7 Å². The lowest BCUT2D eigenvalue weighted by molar-refractivity contribution is 0.0121. The van der Waals surface area contributed by atoms with E-state index in [1.54, 1.807) is 36.0 Å². The number of amides is 1. The van der Waals surface area contributed by atoms with Crippen molar-refractivity contribution in [2.24, 2.45) is 13.0 Å². The summed E-state index contributed by atoms with van der Waals surface area (Å²) in [6, 6.07) is 7.30. The maximum absolute atomic E-state index is 12.6. The molecule has 1 saturated heterocycles. The van der Waals surface area contributed by atoms with Gasteiger partial charge in [0, 0.05) is 48.7 Å². The first-order valence-corrected chi connectivity index (χ1v) is 15.9. The highest BCUT2D eigenvalue weighted by molar-refractivity contribution is 7.91. The fourth-order valence-corrected chi connectivity index (χ4v) is 7.97. The summed E-state index contributed by atoms with van der Waals surface area (Å²) in [6.07, 6.45) is 5.18. The molecule has 0 radical (unpaired) electrons. The number of nitrogens with one attached hydrogen (secondary N) is 1. The average molecular weight is 607 g/mol. The zero-order chi connectivity index (χ0) is 27.8. The molecule has 1 amide bonds. The van der Waals surface area contributed by atoms with Gasteiger partial charge in [0.1, 0.15) is 17.3 Å². The summed E-state index contributed by atoms with van der Waals surface area (Å²) in [5, 5.41) is 9.24. The highest BCUT2D eigenvalue weighted by Gasteiger charge is 2.47. The summed E-state index contributed by atoms with van der Waals surface area (Å²) >= 11 is 13.0. The number of carbonyl (C=O) groups is 1. The largest absolute Gasteiger partial charge is 0.373 e. The van der Waals surface area contributed by atoms with Gasteiger partial charge < -0.3 is 14.2 Å². The first kappa shape index (κ1) is 26.3. The molecule has 0 spiro atoms. The van der Waals surface area contributed by atoms with Crippen molar-refractivity contribution < 1.29 is 22.5 Å². The van der Waals surface area contributed by atoms with Crippen LogP contribution >= 0.6 is 23.2 Å². The second-order valence-corrected chi connectivity index (χ2v) is 14.1. The molecule has 3 aliphatic carbocycles. The number of carbonyl (C=O) groups excluding carboxylic acids is 1. The van der Waals surface area contributed by atoms with Crippen LogP contribution in [-0.4, -0.2) is 53.2 Å². The Hall–Kier alpha value is -2.60. The number of sulfonamides is 1. The van der Waals surface area contributed by atoms with Crippen molar-refractivity contribution in [1.29, 1.82) is 0 Å². The number of aryl methyl sites for hydroxylation is 1. The third kappa shape index (κ3) is 4.70. The van der Waals surface area contributed by atoms with Crippen molar-refractivity contribution in [3.8, 4) is 11.3 Å². The smallest absolute Gasteiger partial charge is 0.285 e. The molecule has 1 aromatic carbocycles. The van der Waals surface area contributed by atoms with E-state index in [-0.39, 0.29) is 17.8 Å². The molecule has 13 heteroatoms. The van der Waals surface area contributed by atoms with Gasteiger partial charge in [0.2, 0.25) is 10.0 Å². The third-order valence-corrected chi connectivity index (χ3v) is 10.9. The number of nitrogens with zero attached hydrogens (tertiary/aromatic N) is 4. The molecular weight excluding hydrogens is 577 g/mol. The van der Waals surface area contributed by atoms with Gasteiger partial charge in [0.05, 0.1) is 28.0 Å². The Morgan fingerprint density at radius 1 is 1.18 bits per heavy atom. The highest BCUT2D eigenvalue weighted by Crippen LogP contribution is 2.47. The molecule has 212 valence electrons. The predicted molar refractivity (Wildman–Crippen MR) is 149 cm³/mol. The predicted octanol–water partition coefficient (Wildman–Crippen LogP) is 4.67. The molecule has 1 N–H and O–H groups in total. The molecule has 40 heavy (non-hydrogen) atoms. The summed E-state index contributed by atoms with van der Waals surface area (Å²) in [6.45, 7) is 1.13. The van der Waals surface area contributed by atoms with Gasteiger partial charge in [-0.1, -0.05) is 34.4 Å². The minimum Gasteiger partial charge on any atom is -0.373 e. The van der Waals surface area contributed by atoms with Crippen LogP contribution in [-0.2, 0) is 28.4 Å². The van der Waals surface area contributed by atoms with Gasteiger partial charge >= 0.3 is 0 Å².